The van der Waals surface area contributed by atoms with Crippen molar-refractivity contribution >= 4 is 5.91 Å². The second-order valence-electron chi connectivity index (χ2n) is 15.8. The summed E-state index contributed by atoms with van der Waals surface area (Å²) in [6.45, 7) is 3.74. The lowest BCUT2D eigenvalue weighted by Crippen LogP contribution is -2.60. The Kier molecular flexibility index (Phi) is 34.3. The minimum atomic E-state index is -1.57. The zero-order chi connectivity index (χ0) is 40.2. The summed E-state index contributed by atoms with van der Waals surface area (Å²) in [6.07, 6.45) is 37.5. The number of aliphatic hydroxyl groups is 5. The SMILES string of the molecule is CCCCCCCC/C=C\CCCCCCCCCC(=O)NC(COC1OC(CO)C(O)C(O)C1O)C(O)/C=C/CC/C=C/CCCCCCCCCCC. The minimum absolute atomic E-state index is 0.193. The highest BCUT2D eigenvalue weighted by Gasteiger charge is 2.44. The van der Waals surface area contributed by atoms with Gasteiger partial charge in [0.15, 0.2) is 6.29 Å². The summed E-state index contributed by atoms with van der Waals surface area (Å²) >= 11 is 0. The summed E-state index contributed by atoms with van der Waals surface area (Å²) < 4.78 is 11.2. The van der Waals surface area contributed by atoms with Crippen LogP contribution in [0.1, 0.15) is 194 Å². The van der Waals surface area contributed by atoms with E-state index in [4.69, 9.17) is 9.47 Å². The number of hydrogen-bond acceptors (Lipinski definition) is 8. The van der Waals surface area contributed by atoms with E-state index in [0.29, 0.717) is 6.42 Å². The molecule has 0 aromatic carbocycles. The van der Waals surface area contributed by atoms with E-state index in [1.807, 2.05) is 6.08 Å². The number of rotatable bonds is 37. The lowest BCUT2D eigenvalue weighted by molar-refractivity contribution is -0.302. The minimum Gasteiger partial charge on any atom is -0.394 e. The van der Waals surface area contributed by atoms with E-state index in [1.54, 1.807) is 6.08 Å². The van der Waals surface area contributed by atoms with Crippen LogP contribution in [0.4, 0.5) is 0 Å². The Morgan fingerprint density at radius 2 is 1.04 bits per heavy atom. The molecule has 1 amide bonds. The molecule has 322 valence electrons. The summed E-state index contributed by atoms with van der Waals surface area (Å²) in [7, 11) is 0. The molecule has 0 saturated carbocycles. The number of allylic oxidation sites excluding steroid dienone is 5. The molecule has 6 N–H and O–H groups in total. The molecule has 9 nitrogen and oxygen atoms in total. The molecular formula is C46H85NO8. The van der Waals surface area contributed by atoms with Gasteiger partial charge in [0, 0.05) is 6.42 Å². The lowest BCUT2D eigenvalue weighted by atomic mass is 9.99. The van der Waals surface area contributed by atoms with Crippen LogP contribution in [0.25, 0.3) is 0 Å². The fraction of sp³-hybridized carbons (Fsp3) is 0.848. The van der Waals surface area contributed by atoms with Crippen molar-refractivity contribution in [2.75, 3.05) is 13.2 Å². The second kappa shape index (κ2) is 36.7. The molecule has 0 aromatic heterocycles. The number of carbonyl (C=O) groups is 1. The Bertz CT molecular complexity index is 956. The van der Waals surface area contributed by atoms with Crippen LogP contribution in [0.15, 0.2) is 36.5 Å². The maximum Gasteiger partial charge on any atom is 0.220 e. The predicted molar refractivity (Wildman–Crippen MR) is 226 cm³/mol. The van der Waals surface area contributed by atoms with Crippen molar-refractivity contribution in [1.82, 2.24) is 5.32 Å². The Hall–Kier alpha value is -1.59. The van der Waals surface area contributed by atoms with Gasteiger partial charge in [0.05, 0.1) is 25.4 Å². The van der Waals surface area contributed by atoms with Crippen molar-refractivity contribution in [3.05, 3.63) is 36.5 Å². The largest absolute Gasteiger partial charge is 0.394 e. The number of nitrogens with one attached hydrogen (secondary N) is 1. The third-order valence-corrected chi connectivity index (χ3v) is 10.7. The first-order chi connectivity index (χ1) is 26.8. The van der Waals surface area contributed by atoms with Gasteiger partial charge in [-0.1, -0.05) is 166 Å². The van der Waals surface area contributed by atoms with Gasteiger partial charge in [-0.25, -0.2) is 0 Å². The first-order valence-corrected chi connectivity index (χ1v) is 22.7. The number of ether oxygens (including phenoxy) is 2. The number of hydrogen-bond donors (Lipinski definition) is 6. The molecular weight excluding hydrogens is 695 g/mol. The molecule has 0 aliphatic carbocycles. The molecule has 55 heavy (non-hydrogen) atoms. The van der Waals surface area contributed by atoms with Gasteiger partial charge in [-0.15, -0.1) is 0 Å². The van der Waals surface area contributed by atoms with Crippen LogP contribution in [0.5, 0.6) is 0 Å². The van der Waals surface area contributed by atoms with Crippen LogP contribution in [0.3, 0.4) is 0 Å². The van der Waals surface area contributed by atoms with Crippen LogP contribution in [0.2, 0.25) is 0 Å². The van der Waals surface area contributed by atoms with Crippen LogP contribution in [-0.2, 0) is 14.3 Å². The highest BCUT2D eigenvalue weighted by atomic mass is 16.7. The maximum atomic E-state index is 12.9. The fourth-order valence-electron chi connectivity index (χ4n) is 6.99. The van der Waals surface area contributed by atoms with E-state index in [9.17, 15) is 30.3 Å². The summed E-state index contributed by atoms with van der Waals surface area (Å²) in [5.41, 5.74) is 0. The third-order valence-electron chi connectivity index (χ3n) is 10.7. The molecule has 1 saturated heterocycles. The van der Waals surface area contributed by atoms with E-state index in [1.165, 1.54) is 122 Å². The number of unbranched alkanes of at least 4 members (excludes halogenated alkanes) is 23. The van der Waals surface area contributed by atoms with Crippen LogP contribution < -0.4 is 5.32 Å². The number of aliphatic hydroxyl groups excluding tert-OH is 5. The van der Waals surface area contributed by atoms with Gasteiger partial charge in [0.1, 0.15) is 24.4 Å². The van der Waals surface area contributed by atoms with Crippen molar-refractivity contribution in [2.24, 2.45) is 0 Å². The maximum absolute atomic E-state index is 12.9. The van der Waals surface area contributed by atoms with E-state index >= 15 is 0 Å². The van der Waals surface area contributed by atoms with Crippen molar-refractivity contribution in [3.8, 4) is 0 Å². The molecule has 1 heterocycles. The fourth-order valence-corrected chi connectivity index (χ4v) is 6.99. The average molecular weight is 780 g/mol. The Labute approximate surface area is 336 Å². The normalized spacial score (nSPS) is 21.6. The summed E-state index contributed by atoms with van der Waals surface area (Å²) in [5, 5.41) is 54.1. The first kappa shape index (κ1) is 51.4. The summed E-state index contributed by atoms with van der Waals surface area (Å²) in [5.74, 6) is -0.193. The molecule has 7 unspecified atom stereocenters. The van der Waals surface area contributed by atoms with Gasteiger partial charge in [0.2, 0.25) is 5.91 Å². The Morgan fingerprint density at radius 3 is 1.53 bits per heavy atom. The molecule has 1 aliphatic heterocycles. The molecule has 0 aromatic rings. The van der Waals surface area contributed by atoms with Gasteiger partial charge < -0.3 is 40.3 Å². The molecule has 0 bridgehead atoms. The number of carbonyl (C=O) groups excluding carboxylic acids is 1. The quantitative estimate of drug-likeness (QED) is 0.0270. The first-order valence-electron chi connectivity index (χ1n) is 22.7. The third kappa shape index (κ3) is 27.6. The highest BCUT2D eigenvalue weighted by Crippen LogP contribution is 2.22. The van der Waals surface area contributed by atoms with Crippen molar-refractivity contribution in [1.29, 1.82) is 0 Å². The van der Waals surface area contributed by atoms with E-state index in [0.717, 1.165) is 51.4 Å². The topological polar surface area (TPSA) is 149 Å². The zero-order valence-corrected chi connectivity index (χ0v) is 35.2. The zero-order valence-electron chi connectivity index (χ0n) is 35.2. The average Bonchev–Trinajstić information content (AvgIpc) is 3.18. The molecule has 7 atom stereocenters. The van der Waals surface area contributed by atoms with Gasteiger partial charge in [-0.2, -0.15) is 0 Å². The highest BCUT2D eigenvalue weighted by molar-refractivity contribution is 5.76. The Balaban J connectivity index is 2.39. The predicted octanol–water partition coefficient (Wildman–Crippen LogP) is 9.28. The van der Waals surface area contributed by atoms with E-state index in [-0.39, 0.29) is 12.5 Å². The van der Waals surface area contributed by atoms with Gasteiger partial charge >= 0.3 is 0 Å². The summed E-state index contributed by atoms with van der Waals surface area (Å²) in [6, 6.07) is -0.821. The summed E-state index contributed by atoms with van der Waals surface area (Å²) in [4.78, 5) is 12.9. The van der Waals surface area contributed by atoms with Crippen molar-refractivity contribution in [2.45, 2.75) is 236 Å². The van der Waals surface area contributed by atoms with Gasteiger partial charge in [-0.05, 0) is 57.8 Å². The number of amides is 1. The van der Waals surface area contributed by atoms with Gasteiger partial charge in [-0.3, -0.25) is 4.79 Å². The van der Waals surface area contributed by atoms with E-state index in [2.05, 4.69) is 43.5 Å². The monoisotopic (exact) mass is 780 g/mol. The molecule has 1 rings (SSSR count). The molecule has 1 aliphatic rings. The smallest absolute Gasteiger partial charge is 0.220 e. The Morgan fingerprint density at radius 1 is 0.600 bits per heavy atom. The second-order valence-corrected chi connectivity index (χ2v) is 15.8. The standard InChI is InChI=1S/C46H85NO8/c1-3-5-7-9-11-13-15-17-19-20-22-24-26-28-30-32-34-36-42(50)47-39(38-54-46-45(53)44(52)43(51)41(37-48)55-46)40(49)35-33-31-29-27-25-23-21-18-16-14-12-10-8-6-4-2/h17,19,25,27,33,35,39-41,43-46,48-49,51-53H,3-16,18,20-24,26,28-32,34,36-38H2,1-2H3,(H,47,50)/b19-17-,27-25+,35-33+. The lowest BCUT2D eigenvalue weighted by Gasteiger charge is -2.40. The van der Waals surface area contributed by atoms with Gasteiger partial charge in [0.25, 0.3) is 0 Å². The van der Waals surface area contributed by atoms with Crippen LogP contribution in [-0.4, -0.2) is 87.5 Å². The molecule has 0 spiro atoms. The molecule has 9 heteroatoms. The van der Waals surface area contributed by atoms with Crippen molar-refractivity contribution < 1.29 is 39.8 Å². The van der Waals surface area contributed by atoms with E-state index < -0.39 is 49.5 Å². The van der Waals surface area contributed by atoms with Crippen molar-refractivity contribution in [3.63, 3.8) is 0 Å². The molecule has 1 fully saturated rings. The van der Waals surface area contributed by atoms with Crippen LogP contribution in [0, 0.1) is 0 Å². The molecule has 0 radical (unpaired) electrons. The van der Waals surface area contributed by atoms with Crippen LogP contribution >= 0.6 is 0 Å².